The van der Waals surface area contributed by atoms with E-state index in [1.165, 1.54) is 12.7 Å². The molecule has 1 unspecified atom stereocenters. The van der Waals surface area contributed by atoms with Gasteiger partial charge in [0.1, 0.15) is 0 Å². The molecular weight excluding hydrogens is 264 g/mol. The highest BCUT2D eigenvalue weighted by Crippen LogP contribution is 2.38. The van der Waals surface area contributed by atoms with Crippen molar-refractivity contribution in [1.82, 2.24) is 9.88 Å². The summed E-state index contributed by atoms with van der Waals surface area (Å²) in [4.78, 5) is 18.0. The molecule has 2 heterocycles. The quantitative estimate of drug-likeness (QED) is 0.807. The lowest BCUT2D eigenvalue weighted by molar-refractivity contribution is 0.108. The molecule has 21 heavy (non-hydrogen) atoms. The molecule has 4 nitrogen and oxygen atoms in total. The minimum absolute atomic E-state index is 0.280. The van der Waals surface area contributed by atoms with Crippen molar-refractivity contribution in [3.05, 3.63) is 65.5 Å². The van der Waals surface area contributed by atoms with Gasteiger partial charge in [0, 0.05) is 30.9 Å². The molecule has 2 aromatic rings. The van der Waals surface area contributed by atoms with Gasteiger partial charge in [0.05, 0.1) is 7.11 Å². The predicted molar refractivity (Wildman–Crippen MR) is 79.9 cm³/mol. The molecule has 1 aliphatic rings. The third-order valence-corrected chi connectivity index (χ3v) is 4.21. The Bertz CT molecular complexity index is 657. The molecule has 4 heteroatoms. The van der Waals surface area contributed by atoms with Gasteiger partial charge in [-0.15, -0.1) is 0 Å². The van der Waals surface area contributed by atoms with E-state index in [9.17, 15) is 4.79 Å². The predicted octanol–water partition coefficient (Wildman–Crippen LogP) is 2.97. The van der Waals surface area contributed by atoms with E-state index in [2.05, 4.69) is 30.1 Å². The van der Waals surface area contributed by atoms with Crippen molar-refractivity contribution in [3.63, 3.8) is 0 Å². The summed E-state index contributed by atoms with van der Waals surface area (Å²) >= 11 is 0. The molecule has 3 rings (SSSR count). The van der Waals surface area contributed by atoms with Crippen molar-refractivity contribution < 1.29 is 9.53 Å². The van der Waals surface area contributed by atoms with Crippen LogP contribution in [0.15, 0.2) is 48.8 Å². The average Bonchev–Trinajstić information content (AvgIpc) is 2.55. The van der Waals surface area contributed by atoms with Gasteiger partial charge >= 0.3 is 6.09 Å². The van der Waals surface area contributed by atoms with Crippen LogP contribution >= 0.6 is 0 Å². The van der Waals surface area contributed by atoms with Crippen LogP contribution in [-0.4, -0.2) is 29.6 Å². The van der Waals surface area contributed by atoms with E-state index in [-0.39, 0.29) is 11.5 Å². The second kappa shape index (κ2) is 5.20. The van der Waals surface area contributed by atoms with Crippen LogP contribution in [0.5, 0.6) is 0 Å². The molecule has 0 fully saturated rings. The van der Waals surface area contributed by atoms with Crippen LogP contribution in [0.25, 0.3) is 0 Å². The molecule has 0 spiro atoms. The number of methoxy groups -OCH3 is 1. The number of hydrogen-bond acceptors (Lipinski definition) is 3. The zero-order valence-corrected chi connectivity index (χ0v) is 12.2. The largest absolute Gasteiger partial charge is 0.453 e. The van der Waals surface area contributed by atoms with Crippen molar-refractivity contribution in [2.24, 2.45) is 0 Å². The number of hydrogen-bond donors (Lipinski definition) is 0. The maximum absolute atomic E-state index is 12.0. The standard InChI is InChI=1S/C17H18N2O2/c1-17(14-7-5-9-18-10-14)12-19(16(20)21-2)11-13-6-3-4-8-15(13)17/h3-10H,11-12H2,1-2H3. The van der Waals surface area contributed by atoms with E-state index in [1.807, 2.05) is 24.4 Å². The molecule has 0 N–H and O–H groups in total. The number of carbonyl (C=O) groups is 1. The highest BCUT2D eigenvalue weighted by atomic mass is 16.5. The summed E-state index contributed by atoms with van der Waals surface area (Å²) in [6.07, 6.45) is 3.34. The van der Waals surface area contributed by atoms with Crippen LogP contribution in [0.2, 0.25) is 0 Å². The van der Waals surface area contributed by atoms with Gasteiger partial charge in [0.2, 0.25) is 0 Å². The van der Waals surface area contributed by atoms with Gasteiger partial charge in [-0.05, 0) is 29.7 Å². The molecule has 108 valence electrons. The Kier molecular flexibility index (Phi) is 3.37. The van der Waals surface area contributed by atoms with Gasteiger partial charge in [0.25, 0.3) is 0 Å². The molecule has 1 atom stereocenters. The molecule has 0 bridgehead atoms. The number of benzene rings is 1. The number of carbonyl (C=O) groups excluding carboxylic acids is 1. The zero-order chi connectivity index (χ0) is 14.9. The number of ether oxygens (including phenoxy) is 1. The lowest BCUT2D eigenvalue weighted by Gasteiger charge is -2.41. The normalized spacial score (nSPS) is 20.8. The number of fused-ring (bicyclic) bond motifs is 1. The molecule has 0 aliphatic carbocycles. The van der Waals surface area contributed by atoms with Crippen molar-refractivity contribution in [2.75, 3.05) is 13.7 Å². The van der Waals surface area contributed by atoms with E-state index < -0.39 is 0 Å². The van der Waals surface area contributed by atoms with Crippen molar-refractivity contribution >= 4 is 6.09 Å². The van der Waals surface area contributed by atoms with Crippen LogP contribution in [-0.2, 0) is 16.7 Å². The lowest BCUT2D eigenvalue weighted by atomic mass is 9.72. The Hall–Kier alpha value is -2.36. The Morgan fingerprint density at radius 3 is 2.81 bits per heavy atom. The SMILES string of the molecule is COC(=O)N1Cc2ccccc2C(C)(c2cccnc2)C1. The molecule has 0 saturated carbocycles. The third-order valence-electron chi connectivity index (χ3n) is 4.21. The van der Waals surface area contributed by atoms with Crippen LogP contribution in [0.4, 0.5) is 4.79 Å². The van der Waals surface area contributed by atoms with E-state index in [0.29, 0.717) is 13.1 Å². The smallest absolute Gasteiger partial charge is 0.409 e. The maximum atomic E-state index is 12.0. The second-order valence-corrected chi connectivity index (χ2v) is 5.56. The van der Waals surface area contributed by atoms with Crippen molar-refractivity contribution in [3.8, 4) is 0 Å². The topological polar surface area (TPSA) is 42.4 Å². The van der Waals surface area contributed by atoms with Crippen LogP contribution in [0.3, 0.4) is 0 Å². The Balaban J connectivity index is 2.12. The monoisotopic (exact) mass is 282 g/mol. The number of rotatable bonds is 1. The van der Waals surface area contributed by atoms with E-state index >= 15 is 0 Å². The first-order valence-corrected chi connectivity index (χ1v) is 6.97. The maximum Gasteiger partial charge on any atom is 0.409 e. The summed E-state index contributed by atoms with van der Waals surface area (Å²) < 4.78 is 4.91. The zero-order valence-electron chi connectivity index (χ0n) is 12.2. The molecular formula is C17H18N2O2. The summed E-state index contributed by atoms with van der Waals surface area (Å²) in [5.74, 6) is 0. The molecule has 1 amide bonds. The third kappa shape index (κ3) is 2.27. The van der Waals surface area contributed by atoms with E-state index in [1.54, 1.807) is 11.1 Å². The second-order valence-electron chi connectivity index (χ2n) is 5.56. The first-order chi connectivity index (χ1) is 10.1. The molecule has 1 aliphatic heterocycles. The lowest BCUT2D eigenvalue weighted by Crippen LogP contribution is -2.47. The summed E-state index contributed by atoms with van der Waals surface area (Å²) in [5, 5.41) is 0. The first-order valence-electron chi connectivity index (χ1n) is 6.97. The summed E-state index contributed by atoms with van der Waals surface area (Å²) in [6, 6.07) is 12.2. The molecule has 0 radical (unpaired) electrons. The number of pyridine rings is 1. The van der Waals surface area contributed by atoms with Crippen molar-refractivity contribution in [1.29, 1.82) is 0 Å². The van der Waals surface area contributed by atoms with Gasteiger partial charge in [0.15, 0.2) is 0 Å². The summed E-state index contributed by atoms with van der Waals surface area (Å²) in [6.45, 7) is 3.32. The highest BCUT2D eigenvalue weighted by Gasteiger charge is 2.39. The van der Waals surface area contributed by atoms with Gasteiger partial charge < -0.3 is 9.64 Å². The molecule has 1 aromatic heterocycles. The Morgan fingerprint density at radius 2 is 2.10 bits per heavy atom. The Labute approximate surface area is 124 Å². The van der Waals surface area contributed by atoms with Crippen molar-refractivity contribution in [2.45, 2.75) is 18.9 Å². The van der Waals surface area contributed by atoms with E-state index in [0.717, 1.165) is 11.1 Å². The minimum Gasteiger partial charge on any atom is -0.453 e. The average molecular weight is 282 g/mol. The fraction of sp³-hybridized carbons (Fsp3) is 0.294. The van der Waals surface area contributed by atoms with Gasteiger partial charge in [-0.2, -0.15) is 0 Å². The molecule has 0 saturated heterocycles. The number of amides is 1. The fourth-order valence-electron chi connectivity index (χ4n) is 3.12. The summed E-state index contributed by atoms with van der Waals surface area (Å²) in [5.41, 5.74) is 3.22. The first kappa shape index (κ1) is 13.6. The fourth-order valence-corrected chi connectivity index (χ4v) is 3.12. The Morgan fingerprint density at radius 1 is 1.29 bits per heavy atom. The highest BCUT2D eigenvalue weighted by molar-refractivity contribution is 5.69. The summed E-state index contributed by atoms with van der Waals surface area (Å²) in [7, 11) is 1.42. The van der Waals surface area contributed by atoms with Crippen LogP contribution < -0.4 is 0 Å². The van der Waals surface area contributed by atoms with Crippen LogP contribution in [0, 0.1) is 0 Å². The van der Waals surface area contributed by atoms with Gasteiger partial charge in [-0.25, -0.2) is 4.79 Å². The van der Waals surface area contributed by atoms with Gasteiger partial charge in [-0.3, -0.25) is 4.98 Å². The minimum atomic E-state index is -0.292. The number of aromatic nitrogens is 1. The molecule has 1 aromatic carbocycles. The number of nitrogens with zero attached hydrogens (tertiary/aromatic N) is 2. The van der Waals surface area contributed by atoms with Gasteiger partial charge in [-0.1, -0.05) is 30.3 Å². The van der Waals surface area contributed by atoms with Crippen LogP contribution in [0.1, 0.15) is 23.6 Å². The van der Waals surface area contributed by atoms with E-state index in [4.69, 9.17) is 4.74 Å².